The lowest BCUT2D eigenvalue weighted by molar-refractivity contribution is -0.137. The second-order valence-corrected chi connectivity index (χ2v) is 15.4. The van der Waals surface area contributed by atoms with Gasteiger partial charge in [0.1, 0.15) is 40.9 Å². The molecule has 0 aliphatic rings. The van der Waals surface area contributed by atoms with Crippen molar-refractivity contribution in [2.75, 3.05) is 44.7 Å². The molecule has 3 aromatic heterocycles. The highest BCUT2D eigenvalue weighted by Gasteiger charge is 2.38. The summed E-state index contributed by atoms with van der Waals surface area (Å²) in [4.78, 5) is 30.9. The molecule has 0 spiro atoms. The molecule has 12 nitrogen and oxygen atoms in total. The number of benzene rings is 4. The highest BCUT2D eigenvalue weighted by Crippen LogP contribution is 2.46. The number of halogens is 6. The van der Waals surface area contributed by atoms with Crippen LogP contribution in [-0.2, 0) is 32.4 Å². The van der Waals surface area contributed by atoms with Crippen molar-refractivity contribution in [3.63, 3.8) is 0 Å². The molecule has 0 saturated heterocycles. The van der Waals surface area contributed by atoms with Gasteiger partial charge in [0.05, 0.1) is 49.5 Å². The smallest absolute Gasteiger partial charge is 0.418 e. The number of H-pyrrole nitrogens is 1. The topological polar surface area (TPSA) is 136 Å². The van der Waals surface area contributed by atoms with E-state index in [4.69, 9.17) is 30.5 Å². The van der Waals surface area contributed by atoms with Crippen LogP contribution in [0.4, 0.5) is 33.6 Å². The molecule has 0 unspecified atom stereocenters. The van der Waals surface area contributed by atoms with Gasteiger partial charge >= 0.3 is 6.18 Å². The van der Waals surface area contributed by atoms with Gasteiger partial charge < -0.3 is 39.5 Å². The number of aromatic nitrogens is 4. The lowest BCUT2D eigenvalue weighted by Gasteiger charge is -2.27. The number of alkyl halides is 5. The third kappa shape index (κ3) is 10.9. The Morgan fingerprint density at radius 3 is 1.95 bits per heavy atom. The Morgan fingerprint density at radius 1 is 0.803 bits per heavy atom. The Kier molecular flexibility index (Phi) is 14.9. The summed E-state index contributed by atoms with van der Waals surface area (Å²) in [5.41, 5.74) is 0.00715. The highest BCUT2D eigenvalue weighted by molar-refractivity contribution is 6.36. The van der Waals surface area contributed by atoms with Crippen LogP contribution in [0, 0.1) is 6.92 Å². The number of aromatic amines is 1. The van der Waals surface area contributed by atoms with Gasteiger partial charge in [-0.1, -0.05) is 48.0 Å². The quantitative estimate of drug-likeness (QED) is 0.0528. The number of pyridine rings is 2. The molecule has 3 heterocycles. The summed E-state index contributed by atoms with van der Waals surface area (Å²) in [5.74, 6) is 2.16. The molecule has 344 valence electrons. The van der Waals surface area contributed by atoms with Crippen LogP contribution in [0.15, 0.2) is 108 Å². The number of nitrogens with one attached hydrogen (secondary N) is 3. The number of hydrogen-bond donors (Lipinski definition) is 3. The van der Waals surface area contributed by atoms with Crippen molar-refractivity contribution < 1.29 is 40.9 Å². The lowest BCUT2D eigenvalue weighted by atomic mass is 9.99. The van der Waals surface area contributed by atoms with Crippen molar-refractivity contribution in [1.82, 2.24) is 25.3 Å². The van der Waals surface area contributed by atoms with Gasteiger partial charge in [-0.3, -0.25) is 4.79 Å². The van der Waals surface area contributed by atoms with Crippen molar-refractivity contribution >= 4 is 34.1 Å². The monoisotopic (exact) mass is 929 g/mol. The minimum absolute atomic E-state index is 0.00285. The van der Waals surface area contributed by atoms with E-state index in [1.54, 1.807) is 57.7 Å². The van der Waals surface area contributed by atoms with Gasteiger partial charge in [0.2, 0.25) is 0 Å². The van der Waals surface area contributed by atoms with Crippen LogP contribution < -0.4 is 40.0 Å². The first-order chi connectivity index (χ1) is 31.8. The van der Waals surface area contributed by atoms with Gasteiger partial charge in [-0.15, -0.1) is 0 Å². The molecule has 0 bridgehead atoms. The molecule has 3 N–H and O–H groups in total. The predicted octanol–water partition coefficient (Wildman–Crippen LogP) is 10.3. The van der Waals surface area contributed by atoms with Gasteiger partial charge in [-0.25, -0.2) is 23.7 Å². The molecule has 7 rings (SSSR count). The molecule has 0 fully saturated rings. The van der Waals surface area contributed by atoms with Crippen LogP contribution in [-0.4, -0.2) is 54.4 Å². The first kappa shape index (κ1) is 47.0. The van der Waals surface area contributed by atoms with Crippen LogP contribution in [0.2, 0.25) is 5.02 Å². The normalized spacial score (nSPS) is 11.5. The number of methoxy groups -OCH3 is 3. The summed E-state index contributed by atoms with van der Waals surface area (Å²) in [5, 5.41) is 5.79. The SMILES string of the molecule is COc1ccc(CNc2nccc(C(F)F)c2CNCCOc2c(Cl)c(-c3nc(N(Cc4ccc(OC)cc4)Cc4ccc(OC)cc4)cc(C)c3C(F)(F)F)cc3nc[nH]c(=O)c23)cc1. The average molecular weight is 930 g/mol. The van der Waals surface area contributed by atoms with E-state index < -0.39 is 29.4 Å². The number of ether oxygens (including phenoxy) is 4. The minimum Gasteiger partial charge on any atom is -0.497 e. The number of anilines is 2. The number of nitrogens with zero attached hydrogens (tertiary/aromatic N) is 4. The summed E-state index contributed by atoms with van der Waals surface area (Å²) in [6.45, 7) is 1.90. The Bertz CT molecular complexity index is 2780. The van der Waals surface area contributed by atoms with Crippen LogP contribution in [0.1, 0.15) is 45.4 Å². The summed E-state index contributed by atoms with van der Waals surface area (Å²) in [7, 11) is 4.66. The first-order valence-electron chi connectivity index (χ1n) is 20.5. The lowest BCUT2D eigenvalue weighted by Crippen LogP contribution is -2.24. The fraction of sp³-hybridized carbons (Fsp3) is 0.250. The third-order valence-electron chi connectivity index (χ3n) is 10.7. The zero-order valence-corrected chi connectivity index (χ0v) is 37.0. The summed E-state index contributed by atoms with van der Waals surface area (Å²) in [6, 6.07) is 25.7. The predicted molar refractivity (Wildman–Crippen MR) is 243 cm³/mol. The molecular weight excluding hydrogens is 885 g/mol. The Labute approximate surface area is 381 Å². The number of hydrogen-bond acceptors (Lipinski definition) is 11. The maximum atomic E-state index is 15.2. The van der Waals surface area contributed by atoms with Crippen molar-refractivity contribution in [3.8, 4) is 34.3 Å². The Balaban J connectivity index is 1.21. The summed E-state index contributed by atoms with van der Waals surface area (Å²) < 4.78 is 96.0. The van der Waals surface area contributed by atoms with Gasteiger partial charge in [0.15, 0.2) is 5.75 Å². The molecule has 18 heteroatoms. The Morgan fingerprint density at radius 2 is 1.39 bits per heavy atom. The highest BCUT2D eigenvalue weighted by atomic mass is 35.5. The van der Waals surface area contributed by atoms with Gasteiger partial charge in [0.25, 0.3) is 12.0 Å². The standard InChI is InChI=1S/C48H45ClF5N7O5/c1-28-21-39(61(25-30-7-13-33(64-3)14-8-30)26-31-9-15-34(65-4)16-10-31)60-43(41(28)48(52,53)54)36-22-38-40(47(62)59-27-58-38)44(42(36)49)66-20-19-55-24-37-35(45(50)51)17-18-56-46(37)57-23-29-5-11-32(63-2)12-6-29/h5-18,21-22,27,45,55H,19-20,23-26H2,1-4H3,(H,56,57)(H,58,59,62). The zero-order chi connectivity index (χ0) is 47.0. The van der Waals surface area contributed by atoms with E-state index in [9.17, 15) is 13.6 Å². The van der Waals surface area contributed by atoms with Crippen LogP contribution in [0.25, 0.3) is 22.2 Å². The molecule has 7 aromatic rings. The van der Waals surface area contributed by atoms with E-state index in [0.717, 1.165) is 23.0 Å². The van der Waals surface area contributed by atoms with E-state index in [1.165, 1.54) is 31.3 Å². The fourth-order valence-electron chi connectivity index (χ4n) is 7.39. The van der Waals surface area contributed by atoms with Crippen molar-refractivity contribution in [2.24, 2.45) is 0 Å². The number of fused-ring (bicyclic) bond motifs is 1. The molecule has 4 aromatic carbocycles. The molecule has 0 radical (unpaired) electrons. The van der Waals surface area contributed by atoms with E-state index in [1.807, 2.05) is 41.3 Å². The van der Waals surface area contributed by atoms with Gasteiger partial charge in [-0.2, -0.15) is 13.2 Å². The molecule has 0 amide bonds. The van der Waals surface area contributed by atoms with Crippen LogP contribution in [0.5, 0.6) is 23.0 Å². The van der Waals surface area contributed by atoms with E-state index in [-0.39, 0.29) is 88.4 Å². The van der Waals surface area contributed by atoms with Crippen LogP contribution in [0.3, 0.4) is 0 Å². The van der Waals surface area contributed by atoms with Crippen LogP contribution >= 0.6 is 11.6 Å². The van der Waals surface area contributed by atoms with E-state index in [2.05, 4.69) is 30.6 Å². The summed E-state index contributed by atoms with van der Waals surface area (Å²) in [6.07, 6.45) is -5.28. The van der Waals surface area contributed by atoms with Crippen molar-refractivity contribution in [2.45, 2.75) is 45.7 Å². The van der Waals surface area contributed by atoms with Gasteiger partial charge in [-0.05, 0) is 83.8 Å². The zero-order valence-electron chi connectivity index (χ0n) is 36.2. The fourth-order valence-corrected chi connectivity index (χ4v) is 7.68. The average Bonchev–Trinajstić information content (AvgIpc) is 3.31. The molecule has 0 aliphatic carbocycles. The van der Waals surface area contributed by atoms with E-state index in [0.29, 0.717) is 23.8 Å². The summed E-state index contributed by atoms with van der Waals surface area (Å²) >= 11 is 7.03. The molecule has 0 atom stereocenters. The molecule has 0 saturated carbocycles. The van der Waals surface area contributed by atoms with Gasteiger partial charge in [0, 0.05) is 55.6 Å². The second kappa shape index (κ2) is 20.9. The number of aryl methyl sites for hydroxylation is 1. The minimum atomic E-state index is -4.89. The molecular formula is C48H45ClF5N7O5. The molecule has 66 heavy (non-hydrogen) atoms. The van der Waals surface area contributed by atoms with Crippen molar-refractivity contribution in [3.05, 3.63) is 158 Å². The molecule has 0 aliphatic heterocycles. The first-order valence-corrected chi connectivity index (χ1v) is 20.9. The van der Waals surface area contributed by atoms with Crippen molar-refractivity contribution in [1.29, 1.82) is 0 Å². The maximum Gasteiger partial charge on any atom is 0.418 e. The second-order valence-electron chi connectivity index (χ2n) is 15.0. The third-order valence-corrected chi connectivity index (χ3v) is 11.1. The van der Waals surface area contributed by atoms with E-state index >= 15 is 13.2 Å². The maximum absolute atomic E-state index is 15.2. The largest absolute Gasteiger partial charge is 0.497 e. The Hall–Kier alpha value is -6.98. The number of rotatable bonds is 19.